The van der Waals surface area contributed by atoms with Crippen molar-refractivity contribution in [3.8, 4) is 16.6 Å². The van der Waals surface area contributed by atoms with Gasteiger partial charge in [0, 0.05) is 43.8 Å². The van der Waals surface area contributed by atoms with Gasteiger partial charge >= 0.3 is 0 Å². The Morgan fingerprint density at radius 3 is 2.52 bits per heavy atom. The van der Waals surface area contributed by atoms with Crippen LogP contribution in [-0.4, -0.2) is 47.7 Å². The Balaban J connectivity index is 1.27. The minimum Gasteiger partial charge on any atom is -0.431 e. The highest BCUT2D eigenvalue weighted by Crippen LogP contribution is 2.43. The number of aromatic nitrogens is 3. The molecule has 4 aromatic carbocycles. The molecular formula is C38H36N5O5S2+. The number of para-hydroxylation sites is 2. The lowest BCUT2D eigenvalue weighted by molar-refractivity contribution is -0.673. The fourth-order valence-electron chi connectivity index (χ4n) is 6.41. The molecule has 254 valence electrons. The van der Waals surface area contributed by atoms with Crippen molar-refractivity contribution in [2.45, 2.75) is 26.8 Å². The molecule has 0 amide bonds. The van der Waals surface area contributed by atoms with Gasteiger partial charge in [-0.15, -0.1) is 0 Å². The van der Waals surface area contributed by atoms with Crippen LogP contribution in [0.5, 0.6) is 10.9 Å². The lowest BCUT2D eigenvalue weighted by Crippen LogP contribution is -2.37. The number of anilines is 2. The molecule has 1 N–H and O–H groups in total. The molecule has 10 nitrogen and oxygen atoms in total. The van der Waals surface area contributed by atoms with Gasteiger partial charge in [0.2, 0.25) is 0 Å². The summed E-state index contributed by atoms with van der Waals surface area (Å²) in [6.45, 7) is 4.67. The first-order valence-corrected chi connectivity index (χ1v) is 18.7. The predicted octanol–water partition coefficient (Wildman–Crippen LogP) is 7.63. The van der Waals surface area contributed by atoms with E-state index in [2.05, 4.69) is 32.3 Å². The minimum absolute atomic E-state index is 0.0668. The number of aryl methyl sites for hydroxylation is 1. The molecular weight excluding hydrogens is 671 g/mol. The highest BCUT2D eigenvalue weighted by Gasteiger charge is 2.29. The Kier molecular flexibility index (Phi) is 9.00. The summed E-state index contributed by atoms with van der Waals surface area (Å²) in [6, 6.07) is 29.5. The summed E-state index contributed by atoms with van der Waals surface area (Å²) in [5.41, 5.74) is 6.08. The van der Waals surface area contributed by atoms with E-state index in [-0.39, 0.29) is 18.0 Å². The van der Waals surface area contributed by atoms with Crippen molar-refractivity contribution in [2.24, 2.45) is 0 Å². The van der Waals surface area contributed by atoms with Gasteiger partial charge in [-0.25, -0.2) is 9.55 Å². The summed E-state index contributed by atoms with van der Waals surface area (Å²) in [4.78, 5) is 21.4. The number of rotatable bonds is 11. The molecule has 0 unspecified atom stereocenters. The van der Waals surface area contributed by atoms with Crippen LogP contribution in [0.15, 0.2) is 109 Å². The maximum absolute atomic E-state index is 12.4. The zero-order valence-electron chi connectivity index (χ0n) is 27.9. The van der Waals surface area contributed by atoms with Gasteiger partial charge < -0.3 is 14.5 Å². The number of fused-ring (bicyclic) bond motifs is 3. The van der Waals surface area contributed by atoms with Gasteiger partial charge in [-0.3, -0.25) is 9.35 Å². The van der Waals surface area contributed by atoms with E-state index in [1.165, 1.54) is 18.3 Å². The Hall–Kier alpha value is -5.30. The van der Waals surface area contributed by atoms with Gasteiger partial charge in [0.25, 0.3) is 21.1 Å². The maximum atomic E-state index is 12.4. The molecule has 50 heavy (non-hydrogen) atoms. The molecule has 1 aliphatic heterocycles. The molecule has 7 rings (SSSR count). The van der Waals surface area contributed by atoms with Gasteiger partial charge in [-0.05, 0) is 68.5 Å². The van der Waals surface area contributed by atoms with Gasteiger partial charge in [0.15, 0.2) is 16.8 Å². The highest BCUT2D eigenvalue weighted by atomic mass is 32.2. The summed E-state index contributed by atoms with van der Waals surface area (Å²) in [5.74, 6) is 2.01. The number of hydrogen-bond acceptors (Lipinski definition) is 8. The Bertz CT molecular complexity index is 2380. The average Bonchev–Trinajstić information content (AvgIpc) is 3.73. The molecule has 0 saturated carbocycles. The van der Waals surface area contributed by atoms with Gasteiger partial charge in [-0.1, -0.05) is 47.7 Å². The van der Waals surface area contributed by atoms with E-state index in [4.69, 9.17) is 4.74 Å². The number of thiazole rings is 1. The first kappa shape index (κ1) is 33.2. The highest BCUT2D eigenvalue weighted by molar-refractivity contribution is 7.85. The monoisotopic (exact) mass is 706 g/mol. The summed E-state index contributed by atoms with van der Waals surface area (Å²) >= 11 is 1.51. The number of ketones is 1. The fourth-order valence-corrected chi connectivity index (χ4v) is 7.74. The number of carbonyl (C=O) groups excluding carboxylic acids is 1. The van der Waals surface area contributed by atoms with E-state index in [9.17, 15) is 17.8 Å². The van der Waals surface area contributed by atoms with Crippen molar-refractivity contribution in [3.05, 3.63) is 120 Å². The smallest absolute Gasteiger partial charge is 0.287 e. The molecule has 0 atom stereocenters. The summed E-state index contributed by atoms with van der Waals surface area (Å²) in [7, 11) is -2.13. The number of ether oxygens (including phenoxy) is 1. The van der Waals surface area contributed by atoms with E-state index in [0.717, 1.165) is 56.5 Å². The average molecular weight is 707 g/mol. The van der Waals surface area contributed by atoms with Crippen LogP contribution in [0.2, 0.25) is 0 Å². The number of hydrogen-bond donors (Lipinski definition) is 1. The van der Waals surface area contributed by atoms with Crippen LogP contribution in [0.25, 0.3) is 33.0 Å². The van der Waals surface area contributed by atoms with E-state index in [1.807, 2.05) is 109 Å². The van der Waals surface area contributed by atoms with Crippen LogP contribution < -0.4 is 19.1 Å². The predicted molar refractivity (Wildman–Crippen MR) is 199 cm³/mol. The van der Waals surface area contributed by atoms with Gasteiger partial charge in [0.1, 0.15) is 17.3 Å². The van der Waals surface area contributed by atoms with Crippen molar-refractivity contribution < 1.29 is 27.1 Å². The maximum Gasteiger partial charge on any atom is 0.287 e. The van der Waals surface area contributed by atoms with Crippen LogP contribution in [0.1, 0.15) is 36.5 Å². The fraction of sp³-hybridized carbons (Fsp3) is 0.184. The molecule has 6 aromatic rings. The topological polar surface area (TPSA) is 109 Å². The molecule has 0 saturated heterocycles. The normalized spacial score (nSPS) is 14.0. The first-order chi connectivity index (χ1) is 24.1. The third-order valence-electron chi connectivity index (χ3n) is 8.72. The molecule has 12 heteroatoms. The van der Waals surface area contributed by atoms with Crippen LogP contribution in [0.4, 0.5) is 11.4 Å². The molecule has 3 heterocycles. The third kappa shape index (κ3) is 6.52. The van der Waals surface area contributed by atoms with Gasteiger partial charge in [0.05, 0.1) is 33.9 Å². The second-order valence-electron chi connectivity index (χ2n) is 12.0. The van der Waals surface area contributed by atoms with Crippen LogP contribution in [0.3, 0.4) is 0 Å². The van der Waals surface area contributed by atoms with E-state index < -0.39 is 10.1 Å². The van der Waals surface area contributed by atoms with E-state index >= 15 is 0 Å². The number of imidazole rings is 1. The van der Waals surface area contributed by atoms with Crippen molar-refractivity contribution in [2.75, 3.05) is 29.1 Å². The number of nitrogens with zero attached hydrogens (tertiary/aromatic N) is 5. The summed E-state index contributed by atoms with van der Waals surface area (Å²) in [6.07, 6.45) is 6.21. The van der Waals surface area contributed by atoms with E-state index in [1.54, 1.807) is 6.07 Å². The molecule has 0 spiro atoms. The molecule has 0 bridgehead atoms. The third-order valence-corrected chi connectivity index (χ3v) is 10.4. The molecule has 1 aliphatic rings. The molecule has 2 aromatic heterocycles. The standard InChI is InChI=1S/C38H35N5O5S2/c1-4-41-31-21-19-29(48-38-39-30-14-8-9-15-35(30)49-38)25-33(31)40(3)36(41)16-10-17-37-42(22-11-23-50(45,46)47)34-24-27(26(2)44)18-20-32(34)43(37)28-12-6-5-7-13-28/h5-10,12-21,24-25H,4,11,22-23H2,1-3H3/p+1. The minimum atomic E-state index is -4.15. The SMILES string of the molecule is CCN1/C(=C\C=C\c2n(-c3ccccc3)c3ccc(C(C)=O)cc3[n+]2CCCS(=O)(=O)O)N(C)c2cc(Oc3nc4ccccc4s3)ccc21. The van der Waals surface area contributed by atoms with Crippen molar-refractivity contribution in [3.63, 3.8) is 0 Å². The molecule has 0 radical (unpaired) electrons. The van der Waals surface area contributed by atoms with Crippen LogP contribution in [-0.2, 0) is 16.7 Å². The van der Waals surface area contributed by atoms with Crippen molar-refractivity contribution in [1.82, 2.24) is 9.55 Å². The summed E-state index contributed by atoms with van der Waals surface area (Å²) < 4.78 is 44.1. The van der Waals surface area contributed by atoms with Crippen LogP contribution in [0, 0.1) is 0 Å². The second kappa shape index (κ2) is 13.5. The second-order valence-corrected chi connectivity index (χ2v) is 14.5. The largest absolute Gasteiger partial charge is 0.431 e. The lowest BCUT2D eigenvalue weighted by Gasteiger charge is -2.20. The number of carbonyl (C=O) groups is 1. The first-order valence-electron chi connectivity index (χ1n) is 16.3. The Labute approximate surface area is 294 Å². The molecule has 0 fully saturated rings. The van der Waals surface area contributed by atoms with Crippen molar-refractivity contribution in [1.29, 1.82) is 0 Å². The Morgan fingerprint density at radius 2 is 1.78 bits per heavy atom. The number of Topliss-reactive ketones (excluding diaryl/α,β-unsaturated/α-hetero) is 1. The zero-order chi connectivity index (χ0) is 35.0. The molecule has 0 aliphatic carbocycles. The zero-order valence-corrected chi connectivity index (χ0v) is 29.5. The van der Waals surface area contributed by atoms with Crippen LogP contribution >= 0.6 is 11.3 Å². The number of allylic oxidation sites excluding steroid dienone is 2. The summed E-state index contributed by atoms with van der Waals surface area (Å²) in [5, 5.41) is 0.590. The Morgan fingerprint density at radius 1 is 1.00 bits per heavy atom. The van der Waals surface area contributed by atoms with Gasteiger partial charge in [-0.2, -0.15) is 13.0 Å². The lowest BCUT2D eigenvalue weighted by atomic mass is 10.1. The van der Waals surface area contributed by atoms with Crippen molar-refractivity contribution >= 4 is 65.9 Å². The van der Waals surface area contributed by atoms with E-state index in [0.29, 0.717) is 23.1 Å². The number of benzene rings is 4. The quantitative estimate of drug-likeness (QED) is 0.0833.